The molecule has 1 aliphatic carbocycles. The Bertz CT molecular complexity index is 440. The zero-order valence-electron chi connectivity index (χ0n) is 10.4. The number of hydrogen-bond acceptors (Lipinski definition) is 3. The van der Waals surface area contributed by atoms with Crippen LogP contribution in [0.1, 0.15) is 41.4 Å². The van der Waals surface area contributed by atoms with Crippen molar-refractivity contribution in [3.05, 3.63) is 17.3 Å². The Morgan fingerprint density at radius 2 is 1.94 bits per heavy atom. The first-order valence-electron chi connectivity index (χ1n) is 6.38. The second-order valence-electron chi connectivity index (χ2n) is 5.31. The molecule has 2 unspecified atom stereocenters. The highest BCUT2D eigenvalue weighted by Crippen LogP contribution is 2.38. The van der Waals surface area contributed by atoms with Crippen molar-refractivity contribution >= 4 is 5.91 Å². The van der Waals surface area contributed by atoms with Crippen LogP contribution in [0.5, 0.6) is 0 Å². The predicted octanol–water partition coefficient (Wildman–Crippen LogP) is 2.16. The van der Waals surface area contributed by atoms with Crippen molar-refractivity contribution < 1.29 is 9.21 Å². The third-order valence-corrected chi connectivity index (χ3v) is 4.11. The fraction of sp³-hybridized carbons (Fsp3) is 0.692. The summed E-state index contributed by atoms with van der Waals surface area (Å²) in [5.41, 5.74) is 0.713. The van der Waals surface area contributed by atoms with Gasteiger partial charge >= 0.3 is 0 Å². The smallest absolute Gasteiger partial charge is 0.291 e. The van der Waals surface area contributed by atoms with Gasteiger partial charge in [-0.25, -0.2) is 4.98 Å². The first-order valence-corrected chi connectivity index (χ1v) is 6.38. The monoisotopic (exact) mass is 234 g/mol. The van der Waals surface area contributed by atoms with Gasteiger partial charge in [-0.15, -0.1) is 0 Å². The van der Waals surface area contributed by atoms with E-state index in [2.05, 4.69) is 4.98 Å². The molecule has 0 radical (unpaired) electrons. The number of aromatic nitrogens is 1. The lowest BCUT2D eigenvalue weighted by molar-refractivity contribution is 0.0746. The third-order valence-electron chi connectivity index (χ3n) is 4.11. The van der Waals surface area contributed by atoms with E-state index in [1.54, 1.807) is 6.92 Å². The summed E-state index contributed by atoms with van der Waals surface area (Å²) in [7, 11) is 0. The Hall–Kier alpha value is -1.32. The molecule has 2 heterocycles. The molecule has 0 aromatic carbocycles. The van der Waals surface area contributed by atoms with Gasteiger partial charge in [-0.3, -0.25) is 4.79 Å². The van der Waals surface area contributed by atoms with Gasteiger partial charge < -0.3 is 9.32 Å². The number of carbonyl (C=O) groups is 1. The molecule has 1 aromatic rings. The maximum atomic E-state index is 12.3. The van der Waals surface area contributed by atoms with Gasteiger partial charge in [-0.1, -0.05) is 6.42 Å². The summed E-state index contributed by atoms with van der Waals surface area (Å²) in [6.45, 7) is 5.43. The molecule has 1 aromatic heterocycles. The van der Waals surface area contributed by atoms with E-state index in [4.69, 9.17) is 4.42 Å². The van der Waals surface area contributed by atoms with Crippen LogP contribution in [0.15, 0.2) is 4.42 Å². The fourth-order valence-corrected chi connectivity index (χ4v) is 3.27. The average molecular weight is 234 g/mol. The second kappa shape index (κ2) is 3.86. The van der Waals surface area contributed by atoms with Gasteiger partial charge in [0.1, 0.15) is 0 Å². The van der Waals surface area contributed by atoms with Crippen molar-refractivity contribution in [2.24, 2.45) is 11.8 Å². The number of rotatable bonds is 1. The van der Waals surface area contributed by atoms with Crippen LogP contribution in [0.3, 0.4) is 0 Å². The number of hydrogen-bond donors (Lipinski definition) is 0. The van der Waals surface area contributed by atoms with Crippen LogP contribution in [0.2, 0.25) is 0 Å². The van der Waals surface area contributed by atoms with Crippen LogP contribution in [0.4, 0.5) is 0 Å². The highest BCUT2D eigenvalue weighted by Gasteiger charge is 2.39. The number of carbonyl (C=O) groups excluding carboxylic acids is 1. The molecule has 1 saturated heterocycles. The molecule has 0 N–H and O–H groups in total. The fourth-order valence-electron chi connectivity index (χ4n) is 3.27. The van der Waals surface area contributed by atoms with E-state index in [9.17, 15) is 4.79 Å². The largest absolute Gasteiger partial charge is 0.436 e. The summed E-state index contributed by atoms with van der Waals surface area (Å²) >= 11 is 0. The Morgan fingerprint density at radius 1 is 1.29 bits per heavy atom. The molecule has 2 atom stereocenters. The SMILES string of the molecule is Cc1nc(C)c(C(=O)N2CC3CCCC3C2)o1. The highest BCUT2D eigenvalue weighted by molar-refractivity contribution is 5.92. The van der Waals surface area contributed by atoms with Gasteiger partial charge in [-0.2, -0.15) is 0 Å². The number of amides is 1. The van der Waals surface area contributed by atoms with E-state index in [1.165, 1.54) is 19.3 Å². The molecule has 4 nitrogen and oxygen atoms in total. The number of nitrogens with zero attached hydrogens (tertiary/aromatic N) is 2. The Morgan fingerprint density at radius 3 is 2.47 bits per heavy atom. The van der Waals surface area contributed by atoms with Gasteiger partial charge in [0.25, 0.3) is 5.91 Å². The van der Waals surface area contributed by atoms with Gasteiger partial charge in [0.05, 0.1) is 5.69 Å². The maximum Gasteiger partial charge on any atom is 0.291 e. The van der Waals surface area contributed by atoms with Crippen molar-refractivity contribution in [2.75, 3.05) is 13.1 Å². The molecule has 1 saturated carbocycles. The molecule has 17 heavy (non-hydrogen) atoms. The third kappa shape index (κ3) is 1.75. The van der Waals surface area contributed by atoms with Crippen LogP contribution in [-0.4, -0.2) is 28.9 Å². The van der Waals surface area contributed by atoms with Crippen LogP contribution >= 0.6 is 0 Å². The molecule has 3 rings (SSSR count). The molecule has 0 spiro atoms. The summed E-state index contributed by atoms with van der Waals surface area (Å²) in [6.07, 6.45) is 3.89. The Kier molecular flexibility index (Phi) is 2.45. The van der Waals surface area contributed by atoms with Crippen LogP contribution in [0.25, 0.3) is 0 Å². The maximum absolute atomic E-state index is 12.3. The summed E-state index contributed by atoms with van der Waals surface area (Å²) in [4.78, 5) is 18.4. The van der Waals surface area contributed by atoms with E-state index in [0.29, 0.717) is 17.3 Å². The van der Waals surface area contributed by atoms with Crippen molar-refractivity contribution in [1.29, 1.82) is 0 Å². The van der Waals surface area contributed by atoms with Gasteiger partial charge in [0, 0.05) is 20.0 Å². The zero-order valence-corrected chi connectivity index (χ0v) is 10.4. The van der Waals surface area contributed by atoms with Crippen LogP contribution in [-0.2, 0) is 0 Å². The molecule has 92 valence electrons. The minimum Gasteiger partial charge on any atom is -0.436 e. The van der Waals surface area contributed by atoms with E-state index in [-0.39, 0.29) is 5.91 Å². The lowest BCUT2D eigenvalue weighted by atomic mass is 10.0. The molecular weight excluding hydrogens is 216 g/mol. The minimum atomic E-state index is 0.0255. The number of oxazole rings is 1. The number of aryl methyl sites for hydroxylation is 2. The molecule has 0 bridgehead atoms. The highest BCUT2D eigenvalue weighted by atomic mass is 16.4. The second-order valence-corrected chi connectivity index (χ2v) is 5.31. The Balaban J connectivity index is 1.77. The molecule has 2 aliphatic rings. The van der Waals surface area contributed by atoms with Gasteiger partial charge in [0.2, 0.25) is 5.76 Å². The van der Waals surface area contributed by atoms with Crippen molar-refractivity contribution in [1.82, 2.24) is 9.88 Å². The molecule has 4 heteroatoms. The molecule has 2 fully saturated rings. The van der Waals surface area contributed by atoms with Gasteiger partial charge in [0.15, 0.2) is 5.89 Å². The minimum absolute atomic E-state index is 0.0255. The lowest BCUT2D eigenvalue weighted by Crippen LogP contribution is -2.29. The first-order chi connectivity index (χ1) is 8.15. The van der Waals surface area contributed by atoms with Crippen molar-refractivity contribution in [2.45, 2.75) is 33.1 Å². The zero-order chi connectivity index (χ0) is 12.0. The predicted molar refractivity (Wildman–Crippen MR) is 62.7 cm³/mol. The standard InChI is InChI=1S/C13H18N2O2/c1-8-12(17-9(2)14-8)13(16)15-6-10-4-3-5-11(10)7-15/h10-11H,3-7H2,1-2H3. The summed E-state index contributed by atoms with van der Waals surface area (Å²) in [5, 5.41) is 0. The average Bonchev–Trinajstić information content (AvgIpc) is 2.90. The quantitative estimate of drug-likeness (QED) is 0.748. The van der Waals surface area contributed by atoms with Crippen LogP contribution < -0.4 is 0 Å². The van der Waals surface area contributed by atoms with E-state index < -0.39 is 0 Å². The number of likely N-dealkylation sites (tertiary alicyclic amines) is 1. The number of fused-ring (bicyclic) bond motifs is 1. The van der Waals surface area contributed by atoms with Crippen molar-refractivity contribution in [3.8, 4) is 0 Å². The van der Waals surface area contributed by atoms with E-state index in [0.717, 1.165) is 24.9 Å². The summed E-state index contributed by atoms with van der Waals surface area (Å²) in [5.74, 6) is 2.48. The topological polar surface area (TPSA) is 46.3 Å². The lowest BCUT2D eigenvalue weighted by Gasteiger charge is -2.15. The van der Waals surface area contributed by atoms with E-state index >= 15 is 0 Å². The Labute approximate surface area is 101 Å². The van der Waals surface area contributed by atoms with Crippen LogP contribution in [0, 0.1) is 25.7 Å². The normalized spacial score (nSPS) is 27.5. The summed E-state index contributed by atoms with van der Waals surface area (Å²) < 4.78 is 5.41. The van der Waals surface area contributed by atoms with Gasteiger partial charge in [-0.05, 0) is 31.6 Å². The molecular formula is C13H18N2O2. The molecule has 1 aliphatic heterocycles. The first kappa shape index (κ1) is 10.8. The van der Waals surface area contributed by atoms with E-state index in [1.807, 2.05) is 11.8 Å². The summed E-state index contributed by atoms with van der Waals surface area (Å²) in [6, 6.07) is 0. The van der Waals surface area contributed by atoms with Crippen molar-refractivity contribution in [3.63, 3.8) is 0 Å². The molecule has 1 amide bonds.